The van der Waals surface area contributed by atoms with Gasteiger partial charge in [-0.05, 0) is 35.9 Å². The first-order chi connectivity index (χ1) is 13.2. The first-order valence-corrected chi connectivity index (χ1v) is 9.00. The van der Waals surface area contributed by atoms with E-state index in [-0.39, 0.29) is 0 Å². The van der Waals surface area contributed by atoms with E-state index >= 15 is 0 Å². The number of aromatic nitrogens is 2. The average molecular weight is 382 g/mol. The van der Waals surface area contributed by atoms with Gasteiger partial charge in [0.15, 0.2) is 11.5 Å². The maximum Gasteiger partial charge on any atom is 0.330 e. The molecule has 6 nitrogen and oxygen atoms in total. The number of pyridine rings is 1. The quantitative estimate of drug-likeness (QED) is 0.455. The van der Waals surface area contributed by atoms with E-state index in [1.165, 1.54) is 24.5 Å². The van der Waals surface area contributed by atoms with Gasteiger partial charge in [0.25, 0.3) is 0 Å². The molecule has 3 rings (SSSR count). The zero-order valence-electron chi connectivity index (χ0n) is 14.9. The lowest BCUT2D eigenvalue weighted by atomic mass is 10.2. The molecule has 0 aliphatic carbocycles. The Morgan fingerprint density at radius 1 is 1.19 bits per heavy atom. The number of benzene rings is 1. The first kappa shape index (κ1) is 18.6. The molecule has 7 heteroatoms. The van der Waals surface area contributed by atoms with Gasteiger partial charge in [-0.3, -0.25) is 4.98 Å². The maximum atomic E-state index is 11.2. The summed E-state index contributed by atoms with van der Waals surface area (Å²) in [5.74, 6) is 0.754. The fourth-order valence-electron chi connectivity index (χ4n) is 2.27. The molecule has 2 heterocycles. The first-order valence-electron chi connectivity index (χ1n) is 8.12. The largest absolute Gasteiger partial charge is 0.493 e. The summed E-state index contributed by atoms with van der Waals surface area (Å²) in [5, 5.41) is 2.80. The number of thiazole rings is 1. The maximum absolute atomic E-state index is 11.2. The molecule has 0 bridgehead atoms. The second-order valence-corrected chi connectivity index (χ2v) is 6.27. The summed E-state index contributed by atoms with van der Waals surface area (Å²) in [5.41, 5.74) is 2.46. The monoisotopic (exact) mass is 382 g/mol. The van der Waals surface area contributed by atoms with Crippen LogP contribution in [0, 0.1) is 0 Å². The third kappa shape index (κ3) is 4.92. The van der Waals surface area contributed by atoms with Gasteiger partial charge in [0.1, 0.15) is 11.6 Å². The molecule has 0 saturated carbocycles. The van der Waals surface area contributed by atoms with E-state index in [9.17, 15) is 4.79 Å². The summed E-state index contributed by atoms with van der Waals surface area (Å²) in [7, 11) is 2.90. The number of methoxy groups -OCH3 is 2. The number of carbonyl (C=O) groups excluding carboxylic acids is 1. The van der Waals surface area contributed by atoms with E-state index in [2.05, 4.69) is 14.7 Å². The summed E-state index contributed by atoms with van der Waals surface area (Å²) < 4.78 is 15.8. The topological polar surface area (TPSA) is 70.5 Å². The van der Waals surface area contributed by atoms with Gasteiger partial charge >= 0.3 is 5.97 Å². The molecule has 0 aliphatic heterocycles. The van der Waals surface area contributed by atoms with Crippen LogP contribution in [-0.2, 0) is 16.1 Å². The van der Waals surface area contributed by atoms with Crippen molar-refractivity contribution in [3.63, 3.8) is 0 Å². The average Bonchev–Trinajstić information content (AvgIpc) is 3.20. The summed E-state index contributed by atoms with van der Waals surface area (Å²) >= 11 is 1.52. The fourth-order valence-corrected chi connectivity index (χ4v) is 3.05. The molecule has 0 aliphatic rings. The molecule has 3 aromatic rings. The Balaban J connectivity index is 1.68. The van der Waals surface area contributed by atoms with Gasteiger partial charge in [0.05, 0.1) is 25.6 Å². The highest BCUT2D eigenvalue weighted by Crippen LogP contribution is 2.30. The van der Waals surface area contributed by atoms with E-state index in [1.54, 1.807) is 31.5 Å². The van der Waals surface area contributed by atoms with Crippen molar-refractivity contribution in [3.05, 3.63) is 65.3 Å². The molecule has 1 aromatic carbocycles. The van der Waals surface area contributed by atoms with Crippen LogP contribution in [0.3, 0.4) is 0 Å². The van der Waals surface area contributed by atoms with E-state index in [0.717, 1.165) is 22.0 Å². The van der Waals surface area contributed by atoms with Crippen LogP contribution in [0.15, 0.2) is 54.1 Å². The predicted molar refractivity (Wildman–Crippen MR) is 104 cm³/mol. The Morgan fingerprint density at radius 3 is 2.81 bits per heavy atom. The van der Waals surface area contributed by atoms with Gasteiger partial charge in [-0.25, -0.2) is 9.78 Å². The van der Waals surface area contributed by atoms with Crippen molar-refractivity contribution in [2.75, 3.05) is 14.2 Å². The molecule has 0 fully saturated rings. The number of carbonyl (C=O) groups is 1. The van der Waals surface area contributed by atoms with Gasteiger partial charge in [0, 0.05) is 17.7 Å². The number of ether oxygens (including phenoxy) is 3. The van der Waals surface area contributed by atoms with Crippen LogP contribution in [-0.4, -0.2) is 30.2 Å². The van der Waals surface area contributed by atoms with E-state index in [4.69, 9.17) is 9.47 Å². The highest BCUT2D eigenvalue weighted by molar-refractivity contribution is 7.13. The zero-order chi connectivity index (χ0) is 19.1. The Morgan fingerprint density at radius 2 is 2.07 bits per heavy atom. The minimum Gasteiger partial charge on any atom is -0.493 e. The van der Waals surface area contributed by atoms with Crippen LogP contribution in [0.4, 0.5) is 0 Å². The summed E-state index contributed by atoms with van der Waals surface area (Å²) in [6, 6.07) is 11.1. The third-order valence-corrected chi connectivity index (χ3v) is 4.53. The van der Waals surface area contributed by atoms with Gasteiger partial charge in [-0.2, -0.15) is 0 Å². The highest BCUT2D eigenvalue weighted by atomic mass is 32.1. The SMILES string of the molecule is COC(=O)C=Cc1ccc(OCc2csc(-c3ccccn3)n2)c(OC)c1. The van der Waals surface area contributed by atoms with Crippen molar-refractivity contribution >= 4 is 23.4 Å². The standard InChI is InChI=1S/C20H18N2O4S/c1-24-18-11-14(7-9-19(23)25-2)6-8-17(18)26-12-15-13-27-20(22-15)16-5-3-4-10-21-16/h3-11,13H,12H2,1-2H3. The Labute approximate surface area is 161 Å². The Bertz CT molecular complexity index is 938. The lowest BCUT2D eigenvalue weighted by molar-refractivity contribution is -0.134. The molecule has 0 N–H and O–H groups in total. The van der Waals surface area contributed by atoms with Crippen molar-refractivity contribution < 1.29 is 19.0 Å². The number of hydrogen-bond acceptors (Lipinski definition) is 7. The third-order valence-electron chi connectivity index (χ3n) is 3.61. The van der Waals surface area contributed by atoms with Crippen molar-refractivity contribution in [3.8, 4) is 22.2 Å². The van der Waals surface area contributed by atoms with Gasteiger partial charge in [0.2, 0.25) is 0 Å². The lowest BCUT2D eigenvalue weighted by Crippen LogP contribution is -1.98. The predicted octanol–water partition coefficient (Wildman–Crippen LogP) is 3.98. The molecule has 2 aromatic heterocycles. The van der Waals surface area contributed by atoms with Crippen LogP contribution < -0.4 is 9.47 Å². The molecular weight excluding hydrogens is 364 g/mol. The van der Waals surface area contributed by atoms with Crippen molar-refractivity contribution in [1.82, 2.24) is 9.97 Å². The fraction of sp³-hybridized carbons (Fsp3) is 0.150. The lowest BCUT2D eigenvalue weighted by Gasteiger charge is -2.10. The molecule has 0 spiro atoms. The molecule has 138 valence electrons. The molecule has 0 saturated heterocycles. The van der Waals surface area contributed by atoms with Crippen molar-refractivity contribution in [2.45, 2.75) is 6.61 Å². The van der Waals surface area contributed by atoms with E-state index < -0.39 is 5.97 Å². The molecule has 0 unspecified atom stereocenters. The minimum atomic E-state index is -0.415. The second-order valence-electron chi connectivity index (χ2n) is 5.41. The van der Waals surface area contributed by atoms with Crippen LogP contribution in [0.25, 0.3) is 16.8 Å². The number of nitrogens with zero attached hydrogens (tertiary/aromatic N) is 2. The van der Waals surface area contributed by atoms with Crippen LogP contribution in [0.2, 0.25) is 0 Å². The molecule has 27 heavy (non-hydrogen) atoms. The highest BCUT2D eigenvalue weighted by Gasteiger charge is 2.09. The summed E-state index contributed by atoms with van der Waals surface area (Å²) in [6.45, 7) is 0.317. The zero-order valence-corrected chi connectivity index (χ0v) is 15.7. The summed E-state index contributed by atoms with van der Waals surface area (Å²) in [4.78, 5) is 20.1. The van der Waals surface area contributed by atoms with Crippen LogP contribution in [0.1, 0.15) is 11.3 Å². The van der Waals surface area contributed by atoms with Gasteiger partial charge in [-0.1, -0.05) is 12.1 Å². The molecule has 0 atom stereocenters. The van der Waals surface area contributed by atoms with Crippen LogP contribution in [0.5, 0.6) is 11.5 Å². The van der Waals surface area contributed by atoms with Crippen molar-refractivity contribution in [1.29, 1.82) is 0 Å². The Kier molecular flexibility index (Phi) is 6.17. The van der Waals surface area contributed by atoms with Crippen LogP contribution >= 0.6 is 11.3 Å². The van der Waals surface area contributed by atoms with E-state index in [1.807, 2.05) is 29.6 Å². The molecule has 0 radical (unpaired) electrons. The Hall–Kier alpha value is -3.19. The number of rotatable bonds is 7. The summed E-state index contributed by atoms with van der Waals surface area (Å²) in [6.07, 6.45) is 4.75. The molecular formula is C20H18N2O4S. The number of hydrogen-bond donors (Lipinski definition) is 0. The van der Waals surface area contributed by atoms with E-state index in [0.29, 0.717) is 18.1 Å². The normalized spacial score (nSPS) is 10.7. The smallest absolute Gasteiger partial charge is 0.330 e. The van der Waals surface area contributed by atoms with Crippen molar-refractivity contribution in [2.24, 2.45) is 0 Å². The number of esters is 1. The van der Waals surface area contributed by atoms with Gasteiger partial charge < -0.3 is 14.2 Å². The van der Waals surface area contributed by atoms with Gasteiger partial charge in [-0.15, -0.1) is 11.3 Å². The molecule has 0 amide bonds. The second kappa shape index (κ2) is 8.95. The minimum absolute atomic E-state index is 0.317.